The molecule has 1 aromatic carbocycles. The summed E-state index contributed by atoms with van der Waals surface area (Å²) in [5, 5.41) is 11.0. The number of hydrogen-bond donors (Lipinski definition) is 2. The van der Waals surface area contributed by atoms with Crippen LogP contribution in [0.3, 0.4) is 0 Å². The van der Waals surface area contributed by atoms with Gasteiger partial charge in [-0.1, -0.05) is 35.8 Å². The van der Waals surface area contributed by atoms with Crippen molar-refractivity contribution in [3.8, 4) is 0 Å². The molecule has 2 rings (SSSR count). The van der Waals surface area contributed by atoms with Gasteiger partial charge in [0.05, 0.1) is 0 Å². The van der Waals surface area contributed by atoms with Crippen molar-refractivity contribution >= 4 is 27.7 Å². The van der Waals surface area contributed by atoms with Crippen molar-refractivity contribution in [2.24, 2.45) is 5.92 Å². The molecule has 0 bridgehead atoms. The molecule has 6 heteroatoms. The maximum absolute atomic E-state index is 4.15. The Bertz CT molecular complexity index is 513. The minimum absolute atomic E-state index is 0.654. The number of H-pyrrole nitrogens is 1. The lowest BCUT2D eigenvalue weighted by Crippen LogP contribution is -2.19. The Morgan fingerprint density at radius 2 is 2.26 bits per heavy atom. The highest BCUT2D eigenvalue weighted by Gasteiger charge is 2.07. The molecule has 0 saturated carbocycles. The molecule has 2 aromatic rings. The smallest absolute Gasteiger partial charge is 0.188 e. The van der Waals surface area contributed by atoms with Crippen molar-refractivity contribution in [1.82, 2.24) is 20.5 Å². The molecule has 0 spiro atoms. The van der Waals surface area contributed by atoms with Crippen LogP contribution in [0.1, 0.15) is 19.4 Å². The number of aromatic amines is 1. The first-order valence-corrected chi connectivity index (χ1v) is 7.78. The van der Waals surface area contributed by atoms with Gasteiger partial charge in [-0.3, -0.25) is 5.10 Å². The van der Waals surface area contributed by atoms with E-state index in [1.54, 1.807) is 11.8 Å². The number of nitrogens with zero attached hydrogens (tertiary/aromatic N) is 2. The van der Waals surface area contributed by atoms with E-state index in [9.17, 15) is 0 Å². The molecule has 0 aliphatic heterocycles. The second-order valence-corrected chi connectivity index (χ2v) is 6.62. The summed E-state index contributed by atoms with van der Waals surface area (Å²) in [5.74, 6) is 0.654. The topological polar surface area (TPSA) is 53.6 Å². The lowest BCUT2D eigenvalue weighted by atomic mass is 10.2. The summed E-state index contributed by atoms with van der Waals surface area (Å²) < 4.78 is 1.07. The normalized spacial score (nSPS) is 11.2. The molecule has 0 fully saturated rings. The third-order valence-electron chi connectivity index (χ3n) is 2.50. The SMILES string of the molecule is CC(C)CNCc1ccc(Br)cc1Sc1ncn[nH]1. The highest BCUT2D eigenvalue weighted by molar-refractivity contribution is 9.10. The van der Waals surface area contributed by atoms with Crippen LogP contribution in [0.5, 0.6) is 0 Å². The van der Waals surface area contributed by atoms with Crippen molar-refractivity contribution in [2.45, 2.75) is 30.4 Å². The molecular formula is C13H17BrN4S. The van der Waals surface area contributed by atoms with Crippen molar-refractivity contribution in [2.75, 3.05) is 6.54 Å². The lowest BCUT2D eigenvalue weighted by molar-refractivity contribution is 0.550. The van der Waals surface area contributed by atoms with Crippen molar-refractivity contribution < 1.29 is 0 Å². The number of benzene rings is 1. The molecule has 0 unspecified atom stereocenters. The van der Waals surface area contributed by atoms with E-state index >= 15 is 0 Å². The second-order valence-electron chi connectivity index (χ2n) is 4.67. The second kappa shape index (κ2) is 7.07. The summed E-state index contributed by atoms with van der Waals surface area (Å²) in [6.45, 7) is 6.29. The highest BCUT2D eigenvalue weighted by atomic mass is 79.9. The summed E-state index contributed by atoms with van der Waals surface area (Å²) in [4.78, 5) is 5.33. The van der Waals surface area contributed by atoms with E-state index in [4.69, 9.17) is 0 Å². The molecule has 0 aliphatic rings. The minimum atomic E-state index is 0.654. The molecule has 102 valence electrons. The number of aromatic nitrogens is 3. The first kappa shape index (κ1) is 14.6. The average Bonchev–Trinajstić information content (AvgIpc) is 2.84. The Morgan fingerprint density at radius 1 is 1.42 bits per heavy atom. The fraction of sp³-hybridized carbons (Fsp3) is 0.385. The van der Waals surface area contributed by atoms with Crippen molar-refractivity contribution in [3.05, 3.63) is 34.6 Å². The number of nitrogens with one attached hydrogen (secondary N) is 2. The molecule has 4 nitrogen and oxygen atoms in total. The van der Waals surface area contributed by atoms with Gasteiger partial charge >= 0.3 is 0 Å². The number of hydrogen-bond acceptors (Lipinski definition) is 4. The van der Waals surface area contributed by atoms with Gasteiger partial charge in [0.2, 0.25) is 0 Å². The van der Waals surface area contributed by atoms with Gasteiger partial charge in [0.1, 0.15) is 6.33 Å². The molecule has 2 N–H and O–H groups in total. The maximum Gasteiger partial charge on any atom is 0.188 e. The Morgan fingerprint density at radius 3 is 2.95 bits per heavy atom. The van der Waals surface area contributed by atoms with Crippen LogP contribution in [0.15, 0.2) is 39.1 Å². The summed E-state index contributed by atoms with van der Waals surface area (Å²) in [5.41, 5.74) is 1.27. The minimum Gasteiger partial charge on any atom is -0.312 e. The van der Waals surface area contributed by atoms with Crippen LogP contribution in [0.25, 0.3) is 0 Å². The predicted octanol–water partition coefficient (Wildman–Crippen LogP) is 3.46. The molecule has 0 atom stereocenters. The molecule has 0 aliphatic carbocycles. The zero-order valence-electron chi connectivity index (χ0n) is 11.0. The van der Waals surface area contributed by atoms with Gasteiger partial charge in [-0.25, -0.2) is 4.98 Å². The number of rotatable bonds is 6. The van der Waals surface area contributed by atoms with E-state index in [2.05, 4.69) is 68.5 Å². The Labute approximate surface area is 125 Å². The standard InChI is InChI=1S/C13H17BrN4S/c1-9(2)6-15-7-10-3-4-11(14)5-12(10)19-13-16-8-17-18-13/h3-5,8-9,15H,6-7H2,1-2H3,(H,16,17,18). The number of halogens is 1. The largest absolute Gasteiger partial charge is 0.312 e. The summed E-state index contributed by atoms with van der Waals surface area (Å²) in [6, 6.07) is 6.31. The molecule has 1 heterocycles. The molecule has 19 heavy (non-hydrogen) atoms. The van der Waals surface area contributed by atoms with Crippen LogP contribution < -0.4 is 5.32 Å². The van der Waals surface area contributed by atoms with Gasteiger partial charge in [-0.15, -0.1) is 0 Å². The van der Waals surface area contributed by atoms with Crippen LogP contribution in [0, 0.1) is 5.92 Å². The van der Waals surface area contributed by atoms with Crippen LogP contribution in [0.4, 0.5) is 0 Å². The molecule has 0 saturated heterocycles. The quantitative estimate of drug-likeness (QED) is 0.845. The first-order chi connectivity index (χ1) is 9.15. The lowest BCUT2D eigenvalue weighted by Gasteiger charge is -2.11. The third-order valence-corrected chi connectivity index (χ3v) is 3.98. The van der Waals surface area contributed by atoms with Gasteiger partial charge in [-0.05, 0) is 41.9 Å². The Kier molecular flexibility index (Phi) is 5.42. The maximum atomic E-state index is 4.15. The molecule has 0 radical (unpaired) electrons. The predicted molar refractivity (Wildman–Crippen MR) is 81.2 cm³/mol. The summed E-state index contributed by atoms with van der Waals surface area (Å²) in [7, 11) is 0. The van der Waals surface area contributed by atoms with E-state index in [1.807, 2.05) is 0 Å². The highest BCUT2D eigenvalue weighted by Crippen LogP contribution is 2.30. The van der Waals surface area contributed by atoms with E-state index in [0.717, 1.165) is 22.7 Å². The Balaban J connectivity index is 2.09. The van der Waals surface area contributed by atoms with Crippen molar-refractivity contribution in [3.63, 3.8) is 0 Å². The molecular weight excluding hydrogens is 324 g/mol. The van der Waals surface area contributed by atoms with E-state index < -0.39 is 0 Å². The van der Waals surface area contributed by atoms with Gasteiger partial charge in [-0.2, -0.15) is 5.10 Å². The first-order valence-electron chi connectivity index (χ1n) is 6.17. The van der Waals surface area contributed by atoms with Gasteiger partial charge < -0.3 is 5.32 Å². The monoisotopic (exact) mass is 340 g/mol. The average molecular weight is 341 g/mol. The van der Waals surface area contributed by atoms with Crippen LogP contribution in [0.2, 0.25) is 0 Å². The summed E-state index contributed by atoms with van der Waals surface area (Å²) in [6.07, 6.45) is 1.52. The summed E-state index contributed by atoms with van der Waals surface area (Å²) >= 11 is 5.11. The van der Waals surface area contributed by atoms with E-state index in [1.165, 1.54) is 16.8 Å². The van der Waals surface area contributed by atoms with Crippen LogP contribution in [-0.2, 0) is 6.54 Å². The fourth-order valence-corrected chi connectivity index (χ4v) is 2.99. The third kappa shape index (κ3) is 4.63. The zero-order valence-corrected chi connectivity index (χ0v) is 13.4. The molecule has 0 amide bonds. The van der Waals surface area contributed by atoms with Crippen LogP contribution in [-0.4, -0.2) is 21.7 Å². The van der Waals surface area contributed by atoms with E-state index in [0.29, 0.717) is 5.92 Å². The van der Waals surface area contributed by atoms with Gasteiger partial charge in [0.15, 0.2) is 5.16 Å². The van der Waals surface area contributed by atoms with Gasteiger partial charge in [0, 0.05) is 15.9 Å². The Hall–Kier alpha value is -0.850. The molecule has 1 aromatic heterocycles. The van der Waals surface area contributed by atoms with Crippen molar-refractivity contribution in [1.29, 1.82) is 0 Å². The fourth-order valence-electron chi connectivity index (χ4n) is 1.61. The zero-order chi connectivity index (χ0) is 13.7. The van der Waals surface area contributed by atoms with Crippen LogP contribution >= 0.6 is 27.7 Å². The van der Waals surface area contributed by atoms with E-state index in [-0.39, 0.29) is 0 Å². The van der Waals surface area contributed by atoms with Gasteiger partial charge in [0.25, 0.3) is 0 Å².